The highest BCUT2D eigenvalue weighted by molar-refractivity contribution is 5.95. The molecule has 7 heteroatoms. The number of rotatable bonds is 7. The van der Waals surface area contributed by atoms with E-state index in [0.29, 0.717) is 12.2 Å². The molecule has 7 nitrogen and oxygen atoms in total. The number of nitrogens with one attached hydrogen (secondary N) is 1. The third-order valence-electron chi connectivity index (χ3n) is 5.89. The molecule has 0 atom stereocenters. The van der Waals surface area contributed by atoms with Gasteiger partial charge in [-0.3, -0.25) is 9.59 Å². The average Bonchev–Trinajstić information content (AvgIpc) is 3.24. The molecule has 2 heterocycles. The summed E-state index contributed by atoms with van der Waals surface area (Å²) in [5.74, 6) is 1.53. The van der Waals surface area contributed by atoms with E-state index in [1.165, 1.54) is 5.69 Å². The van der Waals surface area contributed by atoms with Crippen molar-refractivity contribution in [3.05, 3.63) is 48.5 Å². The molecule has 2 aliphatic heterocycles. The first-order chi connectivity index (χ1) is 15.1. The minimum absolute atomic E-state index is 0.0132. The molecular weight excluding hydrogens is 394 g/mol. The van der Waals surface area contributed by atoms with Crippen molar-refractivity contribution in [1.82, 2.24) is 5.32 Å². The second-order valence-corrected chi connectivity index (χ2v) is 7.96. The van der Waals surface area contributed by atoms with Gasteiger partial charge < -0.3 is 24.6 Å². The van der Waals surface area contributed by atoms with Gasteiger partial charge in [0.1, 0.15) is 11.5 Å². The van der Waals surface area contributed by atoms with Gasteiger partial charge in [0.25, 0.3) is 5.91 Å². The Morgan fingerprint density at radius 2 is 1.61 bits per heavy atom. The number of nitrogens with zero attached hydrogens (tertiary/aromatic N) is 2. The van der Waals surface area contributed by atoms with Crippen LogP contribution in [-0.4, -0.2) is 51.2 Å². The van der Waals surface area contributed by atoms with Crippen LogP contribution in [0.4, 0.5) is 11.4 Å². The fourth-order valence-corrected chi connectivity index (χ4v) is 4.14. The van der Waals surface area contributed by atoms with Crippen molar-refractivity contribution in [2.75, 3.05) is 43.2 Å². The molecule has 0 aliphatic carbocycles. The molecule has 0 spiro atoms. The first-order valence-corrected chi connectivity index (χ1v) is 10.8. The van der Waals surface area contributed by atoms with Gasteiger partial charge in [-0.2, -0.15) is 0 Å². The number of anilines is 2. The smallest absolute Gasteiger partial charge is 0.258 e. The number of methoxy groups -OCH3 is 1. The molecule has 4 rings (SSSR count). The van der Waals surface area contributed by atoms with E-state index < -0.39 is 0 Å². The Labute approximate surface area is 182 Å². The molecule has 2 amide bonds. The summed E-state index contributed by atoms with van der Waals surface area (Å²) in [5, 5.41) is 3.08. The van der Waals surface area contributed by atoms with Crippen LogP contribution in [0.1, 0.15) is 25.7 Å². The van der Waals surface area contributed by atoms with Gasteiger partial charge in [0.05, 0.1) is 7.11 Å². The van der Waals surface area contributed by atoms with Crippen LogP contribution >= 0.6 is 0 Å². The highest BCUT2D eigenvalue weighted by Gasteiger charge is 2.22. The Morgan fingerprint density at radius 3 is 2.23 bits per heavy atom. The van der Waals surface area contributed by atoms with Crippen molar-refractivity contribution in [2.24, 2.45) is 0 Å². The van der Waals surface area contributed by atoms with Crippen LogP contribution in [0.3, 0.4) is 0 Å². The zero-order valence-electron chi connectivity index (χ0n) is 17.9. The number of piperidine rings is 1. The maximum Gasteiger partial charge on any atom is 0.258 e. The van der Waals surface area contributed by atoms with E-state index in [0.717, 1.165) is 50.3 Å². The van der Waals surface area contributed by atoms with Crippen molar-refractivity contribution < 1.29 is 19.1 Å². The number of amides is 2. The number of carbonyl (C=O) groups is 2. The summed E-state index contributed by atoms with van der Waals surface area (Å²) in [5.41, 5.74) is 2.05. The Bertz CT molecular complexity index is 890. The lowest BCUT2D eigenvalue weighted by molar-refractivity contribution is -0.124. The fourth-order valence-electron chi connectivity index (χ4n) is 4.14. The summed E-state index contributed by atoms with van der Waals surface area (Å²) in [6, 6.07) is 15.6. The Morgan fingerprint density at radius 1 is 0.968 bits per heavy atom. The number of benzene rings is 2. The summed E-state index contributed by atoms with van der Waals surface area (Å²) in [6.07, 6.45) is 3.31. The fraction of sp³-hybridized carbons (Fsp3) is 0.417. The zero-order chi connectivity index (χ0) is 21.6. The first-order valence-electron chi connectivity index (χ1n) is 10.8. The molecule has 2 saturated heterocycles. The van der Waals surface area contributed by atoms with E-state index in [1.807, 2.05) is 36.4 Å². The summed E-state index contributed by atoms with van der Waals surface area (Å²) in [6.45, 7) is 2.54. The largest absolute Gasteiger partial charge is 0.497 e. The molecule has 2 aromatic carbocycles. The van der Waals surface area contributed by atoms with Crippen LogP contribution in [-0.2, 0) is 9.59 Å². The topological polar surface area (TPSA) is 71.1 Å². The average molecular weight is 424 g/mol. The Kier molecular flexibility index (Phi) is 6.60. The summed E-state index contributed by atoms with van der Waals surface area (Å²) in [4.78, 5) is 28.2. The van der Waals surface area contributed by atoms with Crippen molar-refractivity contribution in [1.29, 1.82) is 0 Å². The van der Waals surface area contributed by atoms with Gasteiger partial charge in [0.2, 0.25) is 5.91 Å². The normalized spacial score (nSPS) is 17.0. The van der Waals surface area contributed by atoms with Crippen LogP contribution in [0.15, 0.2) is 48.5 Å². The van der Waals surface area contributed by atoms with Crippen molar-refractivity contribution in [2.45, 2.75) is 31.7 Å². The van der Waals surface area contributed by atoms with Crippen LogP contribution in [0.5, 0.6) is 11.5 Å². The second kappa shape index (κ2) is 9.73. The molecule has 0 saturated carbocycles. The van der Waals surface area contributed by atoms with Gasteiger partial charge in [-0.05, 0) is 67.8 Å². The molecule has 1 N–H and O–H groups in total. The molecule has 0 bridgehead atoms. The number of hydrogen-bond donors (Lipinski definition) is 1. The minimum Gasteiger partial charge on any atom is -0.497 e. The molecular formula is C24H29N3O4. The first kappa shape index (κ1) is 21.0. The number of hydrogen-bond acceptors (Lipinski definition) is 5. The van der Waals surface area contributed by atoms with E-state index in [9.17, 15) is 9.59 Å². The van der Waals surface area contributed by atoms with E-state index in [1.54, 1.807) is 12.0 Å². The second-order valence-electron chi connectivity index (χ2n) is 7.96. The number of ether oxygens (including phenoxy) is 2. The predicted molar refractivity (Wildman–Crippen MR) is 120 cm³/mol. The van der Waals surface area contributed by atoms with Crippen LogP contribution in [0.2, 0.25) is 0 Å². The molecule has 0 radical (unpaired) electrons. The van der Waals surface area contributed by atoms with Crippen molar-refractivity contribution >= 4 is 23.2 Å². The minimum atomic E-state index is -0.110. The van der Waals surface area contributed by atoms with E-state index >= 15 is 0 Å². The highest BCUT2D eigenvalue weighted by Crippen LogP contribution is 2.24. The SMILES string of the molecule is COc1ccc(N2CCC(NC(=O)COc3ccc(N4CCCC4=O)cc3)CC2)cc1. The van der Waals surface area contributed by atoms with Gasteiger partial charge in [-0.25, -0.2) is 0 Å². The van der Waals surface area contributed by atoms with Crippen molar-refractivity contribution in [3.63, 3.8) is 0 Å². The summed E-state index contributed by atoms with van der Waals surface area (Å²) in [7, 11) is 1.67. The van der Waals surface area contributed by atoms with Gasteiger partial charge in [-0.15, -0.1) is 0 Å². The molecule has 164 valence electrons. The lowest BCUT2D eigenvalue weighted by Gasteiger charge is -2.34. The monoisotopic (exact) mass is 423 g/mol. The molecule has 2 aliphatic rings. The Balaban J connectivity index is 1.19. The van der Waals surface area contributed by atoms with Crippen LogP contribution < -0.4 is 24.6 Å². The van der Waals surface area contributed by atoms with Crippen LogP contribution in [0.25, 0.3) is 0 Å². The lowest BCUT2D eigenvalue weighted by Crippen LogP contribution is -2.46. The van der Waals surface area contributed by atoms with Gasteiger partial charge in [0.15, 0.2) is 6.61 Å². The Hall–Kier alpha value is -3.22. The van der Waals surface area contributed by atoms with E-state index in [4.69, 9.17) is 9.47 Å². The lowest BCUT2D eigenvalue weighted by atomic mass is 10.0. The number of carbonyl (C=O) groups excluding carboxylic acids is 2. The van der Waals surface area contributed by atoms with E-state index in [-0.39, 0.29) is 24.5 Å². The van der Waals surface area contributed by atoms with Gasteiger partial charge >= 0.3 is 0 Å². The van der Waals surface area contributed by atoms with Crippen molar-refractivity contribution in [3.8, 4) is 11.5 Å². The molecule has 2 fully saturated rings. The molecule has 0 unspecified atom stereocenters. The maximum absolute atomic E-state index is 12.3. The van der Waals surface area contributed by atoms with Crippen LogP contribution in [0, 0.1) is 0 Å². The quantitative estimate of drug-likeness (QED) is 0.741. The summed E-state index contributed by atoms with van der Waals surface area (Å²) < 4.78 is 10.8. The molecule has 0 aromatic heterocycles. The predicted octanol–water partition coefficient (Wildman–Crippen LogP) is 2.99. The molecule has 31 heavy (non-hydrogen) atoms. The standard InChI is InChI=1S/C24H29N3O4/c1-30-21-8-4-19(5-9-21)26-15-12-18(13-16-26)25-23(28)17-31-22-10-6-20(7-11-22)27-14-2-3-24(27)29/h4-11,18H,2-3,12-17H2,1H3,(H,25,28). The highest BCUT2D eigenvalue weighted by atomic mass is 16.5. The third-order valence-corrected chi connectivity index (χ3v) is 5.89. The zero-order valence-corrected chi connectivity index (χ0v) is 17.9. The van der Waals surface area contributed by atoms with Gasteiger partial charge in [0, 0.05) is 43.5 Å². The molecule has 2 aromatic rings. The van der Waals surface area contributed by atoms with E-state index in [2.05, 4.69) is 22.3 Å². The van der Waals surface area contributed by atoms with Gasteiger partial charge in [-0.1, -0.05) is 0 Å². The maximum atomic E-state index is 12.3. The summed E-state index contributed by atoms with van der Waals surface area (Å²) >= 11 is 0. The third kappa shape index (κ3) is 5.29.